The molecule has 0 aromatic heterocycles. The molecule has 2 aliphatic rings. The molecule has 0 unspecified atom stereocenters. The van der Waals surface area contributed by atoms with E-state index >= 15 is 0 Å². The third-order valence-corrected chi connectivity index (χ3v) is 5.69. The van der Waals surface area contributed by atoms with E-state index in [9.17, 15) is 14.4 Å². The Labute approximate surface area is 171 Å². The molecule has 0 radical (unpaired) electrons. The van der Waals surface area contributed by atoms with Crippen molar-refractivity contribution in [2.24, 2.45) is 11.3 Å². The normalized spacial score (nSPS) is 25.6. The van der Waals surface area contributed by atoms with Gasteiger partial charge in [-0.15, -0.1) is 0 Å². The third-order valence-electron chi connectivity index (χ3n) is 5.69. The fourth-order valence-corrected chi connectivity index (χ4v) is 4.32. The Balaban J connectivity index is 2.55. The summed E-state index contributed by atoms with van der Waals surface area (Å²) in [5.41, 5.74) is 1.09. The Hall–Kier alpha value is -2.41. The maximum absolute atomic E-state index is 12.8. The standard InChI is InChI=1S/C22H30O7/c1-7-28-20(24)22(21(25)29-8-2)11-13(3)16(12-22)18-15(9-10-17(18)26-5)14(4)19(23)27-6/h15,17H,3-4,7-12H2,1-2,5-6H3/b18-16+/t15-,17-/m1/s1. The molecule has 0 amide bonds. The highest BCUT2D eigenvalue weighted by Crippen LogP contribution is 2.52. The number of carbonyl (C=O) groups excluding carboxylic acids is 3. The molecule has 0 aromatic carbocycles. The summed E-state index contributed by atoms with van der Waals surface area (Å²) in [6, 6.07) is 0. The van der Waals surface area contributed by atoms with Gasteiger partial charge in [0, 0.05) is 18.6 Å². The van der Waals surface area contributed by atoms with Gasteiger partial charge < -0.3 is 18.9 Å². The fraction of sp³-hybridized carbons (Fsp3) is 0.591. The zero-order valence-electron chi connectivity index (χ0n) is 17.7. The van der Waals surface area contributed by atoms with Gasteiger partial charge in [-0.3, -0.25) is 9.59 Å². The van der Waals surface area contributed by atoms with Crippen LogP contribution in [0, 0.1) is 11.3 Å². The quantitative estimate of drug-likeness (QED) is 0.278. The first kappa shape index (κ1) is 22.9. The molecule has 0 bridgehead atoms. The molecular formula is C22H30O7. The average molecular weight is 406 g/mol. The lowest BCUT2D eigenvalue weighted by Gasteiger charge is -2.24. The summed E-state index contributed by atoms with van der Waals surface area (Å²) >= 11 is 0. The van der Waals surface area contributed by atoms with E-state index in [1.165, 1.54) is 7.11 Å². The summed E-state index contributed by atoms with van der Waals surface area (Å²) in [4.78, 5) is 37.7. The van der Waals surface area contributed by atoms with Gasteiger partial charge in [0.1, 0.15) is 0 Å². The molecule has 2 aliphatic carbocycles. The molecule has 0 aromatic rings. The number of rotatable bonds is 7. The van der Waals surface area contributed by atoms with E-state index in [1.807, 2.05) is 0 Å². The van der Waals surface area contributed by atoms with Crippen LogP contribution in [0.25, 0.3) is 0 Å². The van der Waals surface area contributed by atoms with Crippen LogP contribution in [0.2, 0.25) is 0 Å². The molecule has 0 saturated heterocycles. The second kappa shape index (κ2) is 9.39. The molecule has 0 spiro atoms. The van der Waals surface area contributed by atoms with Crippen LogP contribution in [0.3, 0.4) is 0 Å². The highest BCUT2D eigenvalue weighted by molar-refractivity contribution is 6.02. The number of carbonyl (C=O) groups is 3. The van der Waals surface area contributed by atoms with E-state index in [4.69, 9.17) is 18.9 Å². The molecule has 160 valence electrons. The van der Waals surface area contributed by atoms with Crippen molar-refractivity contribution >= 4 is 17.9 Å². The van der Waals surface area contributed by atoms with Crippen molar-refractivity contribution in [3.05, 3.63) is 35.5 Å². The molecule has 2 fully saturated rings. The molecule has 2 saturated carbocycles. The van der Waals surface area contributed by atoms with Crippen LogP contribution in [0.5, 0.6) is 0 Å². The van der Waals surface area contributed by atoms with Crippen molar-refractivity contribution in [3.8, 4) is 0 Å². The second-order valence-electron chi connectivity index (χ2n) is 7.29. The summed E-state index contributed by atoms with van der Waals surface area (Å²) < 4.78 is 20.9. The van der Waals surface area contributed by atoms with Gasteiger partial charge in [-0.2, -0.15) is 0 Å². The number of hydrogen-bond acceptors (Lipinski definition) is 7. The zero-order valence-corrected chi connectivity index (χ0v) is 17.7. The minimum atomic E-state index is -1.47. The second-order valence-corrected chi connectivity index (χ2v) is 7.29. The van der Waals surface area contributed by atoms with Gasteiger partial charge in [0.15, 0.2) is 5.41 Å². The Morgan fingerprint density at radius 2 is 1.62 bits per heavy atom. The Morgan fingerprint density at radius 1 is 1.03 bits per heavy atom. The summed E-state index contributed by atoms with van der Waals surface area (Å²) in [6.07, 6.45) is 1.30. The van der Waals surface area contributed by atoms with E-state index in [2.05, 4.69) is 13.2 Å². The Bertz CT molecular complexity index is 728. The lowest BCUT2D eigenvalue weighted by molar-refractivity contribution is -0.171. The lowest BCUT2D eigenvalue weighted by Crippen LogP contribution is -2.40. The molecule has 29 heavy (non-hydrogen) atoms. The van der Waals surface area contributed by atoms with Crippen molar-refractivity contribution in [2.75, 3.05) is 27.4 Å². The first-order valence-corrected chi connectivity index (χ1v) is 9.82. The number of esters is 3. The van der Waals surface area contributed by atoms with Gasteiger partial charge >= 0.3 is 17.9 Å². The maximum atomic E-state index is 12.8. The van der Waals surface area contributed by atoms with Crippen LogP contribution in [0.4, 0.5) is 0 Å². The van der Waals surface area contributed by atoms with E-state index < -0.39 is 23.3 Å². The van der Waals surface area contributed by atoms with Gasteiger partial charge in [0.2, 0.25) is 0 Å². The van der Waals surface area contributed by atoms with Gasteiger partial charge in [0.05, 0.1) is 26.4 Å². The first-order valence-electron chi connectivity index (χ1n) is 9.82. The fourth-order valence-electron chi connectivity index (χ4n) is 4.32. The molecular weight excluding hydrogens is 376 g/mol. The van der Waals surface area contributed by atoms with Crippen LogP contribution >= 0.6 is 0 Å². The van der Waals surface area contributed by atoms with E-state index in [0.717, 1.165) is 11.1 Å². The Morgan fingerprint density at radius 3 is 2.10 bits per heavy atom. The predicted molar refractivity (Wildman–Crippen MR) is 106 cm³/mol. The van der Waals surface area contributed by atoms with Crippen molar-refractivity contribution in [1.29, 1.82) is 0 Å². The van der Waals surface area contributed by atoms with Gasteiger partial charge in [-0.1, -0.05) is 18.7 Å². The highest BCUT2D eigenvalue weighted by atomic mass is 16.6. The van der Waals surface area contributed by atoms with Gasteiger partial charge in [0.25, 0.3) is 0 Å². The van der Waals surface area contributed by atoms with E-state index in [-0.39, 0.29) is 38.1 Å². The molecule has 0 aliphatic heterocycles. The van der Waals surface area contributed by atoms with E-state index in [0.29, 0.717) is 24.0 Å². The minimum Gasteiger partial charge on any atom is -0.466 e. The van der Waals surface area contributed by atoms with Gasteiger partial charge in [-0.05, 0) is 50.7 Å². The predicted octanol–water partition coefficient (Wildman–Crippen LogP) is 2.90. The molecule has 2 atom stereocenters. The largest absolute Gasteiger partial charge is 0.466 e. The van der Waals surface area contributed by atoms with Crippen molar-refractivity contribution in [3.63, 3.8) is 0 Å². The molecule has 7 heteroatoms. The highest BCUT2D eigenvalue weighted by Gasteiger charge is 2.55. The SMILES string of the molecule is C=C1CC(C(=O)OCC)(C(=O)OCC)C/C1=C1/[C@@H](C(=C)C(=O)OC)CC[C@H]1OC. The summed E-state index contributed by atoms with van der Waals surface area (Å²) in [7, 11) is 2.90. The van der Waals surface area contributed by atoms with Crippen molar-refractivity contribution in [1.82, 2.24) is 0 Å². The van der Waals surface area contributed by atoms with Crippen LogP contribution in [0.15, 0.2) is 35.5 Å². The summed E-state index contributed by atoms with van der Waals surface area (Å²) in [5, 5.41) is 0. The number of hydrogen-bond donors (Lipinski definition) is 0. The smallest absolute Gasteiger partial charge is 0.333 e. The van der Waals surface area contributed by atoms with Gasteiger partial charge in [-0.25, -0.2) is 4.79 Å². The topological polar surface area (TPSA) is 88.1 Å². The molecule has 0 heterocycles. The number of ether oxygens (including phenoxy) is 4. The van der Waals surface area contributed by atoms with Crippen LogP contribution in [-0.4, -0.2) is 51.4 Å². The Kier molecular flexibility index (Phi) is 7.41. The number of methoxy groups -OCH3 is 2. The maximum Gasteiger partial charge on any atom is 0.333 e. The zero-order chi connectivity index (χ0) is 21.8. The van der Waals surface area contributed by atoms with E-state index in [1.54, 1.807) is 21.0 Å². The lowest BCUT2D eigenvalue weighted by atomic mass is 9.84. The third kappa shape index (κ3) is 4.15. The summed E-state index contributed by atoms with van der Waals surface area (Å²) in [5.74, 6) is -2.02. The molecule has 7 nitrogen and oxygen atoms in total. The van der Waals surface area contributed by atoms with Crippen molar-refractivity contribution < 1.29 is 33.3 Å². The van der Waals surface area contributed by atoms with Crippen LogP contribution in [-0.2, 0) is 33.3 Å². The first-order chi connectivity index (χ1) is 13.8. The summed E-state index contributed by atoms with van der Waals surface area (Å²) in [6.45, 7) is 11.7. The number of allylic oxidation sites excluding steroid dienone is 2. The van der Waals surface area contributed by atoms with Crippen LogP contribution in [0.1, 0.15) is 39.5 Å². The molecule has 0 N–H and O–H groups in total. The molecule has 2 rings (SSSR count). The monoisotopic (exact) mass is 406 g/mol. The van der Waals surface area contributed by atoms with Crippen LogP contribution < -0.4 is 0 Å². The van der Waals surface area contributed by atoms with Crippen molar-refractivity contribution in [2.45, 2.75) is 45.6 Å². The average Bonchev–Trinajstić information content (AvgIpc) is 3.28. The minimum absolute atomic E-state index is 0.101.